The minimum Gasteiger partial charge on any atom is -0.460 e. The first-order valence-electron chi connectivity index (χ1n) is 9.78. The lowest BCUT2D eigenvalue weighted by molar-refractivity contribution is -0.143. The molecule has 1 aliphatic heterocycles. The van der Waals surface area contributed by atoms with Gasteiger partial charge in [0.15, 0.2) is 5.16 Å². The number of pyridine rings is 1. The van der Waals surface area contributed by atoms with Crippen molar-refractivity contribution in [3.05, 3.63) is 57.3 Å². The highest BCUT2D eigenvalue weighted by molar-refractivity contribution is 7.99. The highest BCUT2D eigenvalue weighted by atomic mass is 32.2. The predicted octanol–water partition coefficient (Wildman–Crippen LogP) is 3.84. The fourth-order valence-corrected chi connectivity index (χ4v) is 4.20. The number of ether oxygens (including phenoxy) is 1. The van der Waals surface area contributed by atoms with Gasteiger partial charge in [0.1, 0.15) is 5.82 Å². The summed E-state index contributed by atoms with van der Waals surface area (Å²) in [6.07, 6.45) is 5.15. The fraction of sp³-hybridized carbons (Fsp3) is 0.429. The average molecular weight is 415 g/mol. The Labute approximate surface area is 174 Å². The molecular weight excluding hydrogens is 388 g/mol. The molecule has 1 unspecified atom stereocenters. The number of thioether (sulfide) groups is 1. The first-order chi connectivity index (χ1) is 13.9. The van der Waals surface area contributed by atoms with Crippen molar-refractivity contribution in [1.29, 1.82) is 0 Å². The van der Waals surface area contributed by atoms with Gasteiger partial charge < -0.3 is 15.0 Å². The lowest BCUT2D eigenvalue weighted by atomic mass is 9.83. The van der Waals surface area contributed by atoms with E-state index in [9.17, 15) is 9.59 Å². The summed E-state index contributed by atoms with van der Waals surface area (Å²) < 4.78 is 5.47. The monoisotopic (exact) mass is 414 g/mol. The second-order valence-corrected chi connectivity index (χ2v) is 8.25. The number of aromatic nitrogens is 3. The number of fused-ring (bicyclic) bond motifs is 1. The summed E-state index contributed by atoms with van der Waals surface area (Å²) >= 11 is 1.52. The molecule has 0 saturated heterocycles. The SMILES string of the molecule is CCCCSc1nc2c(c(=O)[nH]1)C(c1ccncc1)C(C(=O)OC(C)C)=C(C)N2. The molecule has 7 nitrogen and oxygen atoms in total. The number of H-pyrrole nitrogens is 1. The average Bonchev–Trinajstić information content (AvgIpc) is 2.67. The van der Waals surface area contributed by atoms with Crippen LogP contribution in [0.3, 0.4) is 0 Å². The first-order valence-corrected chi connectivity index (χ1v) is 10.8. The van der Waals surface area contributed by atoms with E-state index in [1.54, 1.807) is 45.3 Å². The Balaban J connectivity index is 2.11. The van der Waals surface area contributed by atoms with Crippen molar-refractivity contribution in [3.63, 3.8) is 0 Å². The molecule has 1 aliphatic rings. The third kappa shape index (κ3) is 4.70. The van der Waals surface area contributed by atoms with Crippen molar-refractivity contribution in [3.8, 4) is 0 Å². The summed E-state index contributed by atoms with van der Waals surface area (Å²) in [5.74, 6) is 0.338. The van der Waals surface area contributed by atoms with E-state index in [0.717, 1.165) is 24.2 Å². The van der Waals surface area contributed by atoms with Crippen LogP contribution >= 0.6 is 11.8 Å². The van der Waals surface area contributed by atoms with Gasteiger partial charge in [0.25, 0.3) is 5.56 Å². The van der Waals surface area contributed by atoms with Gasteiger partial charge in [-0.2, -0.15) is 0 Å². The molecule has 0 radical (unpaired) electrons. The summed E-state index contributed by atoms with van der Waals surface area (Å²) in [7, 11) is 0. The Kier molecular flexibility index (Phi) is 6.74. The highest BCUT2D eigenvalue weighted by Crippen LogP contribution is 2.40. The second kappa shape index (κ2) is 9.26. The molecule has 29 heavy (non-hydrogen) atoms. The van der Waals surface area contributed by atoms with E-state index in [1.165, 1.54) is 11.8 Å². The van der Waals surface area contributed by atoms with E-state index < -0.39 is 11.9 Å². The van der Waals surface area contributed by atoms with E-state index >= 15 is 0 Å². The largest absolute Gasteiger partial charge is 0.460 e. The first kappa shape index (κ1) is 21.1. The molecule has 3 heterocycles. The Morgan fingerprint density at radius 3 is 2.69 bits per heavy atom. The van der Waals surface area contributed by atoms with Gasteiger partial charge in [0.2, 0.25) is 0 Å². The number of esters is 1. The molecular formula is C21H26N4O3S. The number of nitrogens with one attached hydrogen (secondary N) is 2. The zero-order valence-corrected chi connectivity index (χ0v) is 17.9. The van der Waals surface area contributed by atoms with Crippen molar-refractivity contribution in [2.24, 2.45) is 0 Å². The topological polar surface area (TPSA) is 97.0 Å². The number of nitrogens with zero attached hydrogens (tertiary/aromatic N) is 2. The lowest BCUT2D eigenvalue weighted by Gasteiger charge is -2.29. The van der Waals surface area contributed by atoms with E-state index in [-0.39, 0.29) is 11.7 Å². The number of hydrogen-bond donors (Lipinski definition) is 2. The molecule has 0 bridgehead atoms. The molecule has 2 aromatic heterocycles. The van der Waals surface area contributed by atoms with Crippen molar-refractivity contribution < 1.29 is 9.53 Å². The standard InChI is InChI=1S/C21H26N4O3S/c1-5-6-11-29-21-24-18-17(19(26)25-21)16(14-7-9-22-10-8-14)15(13(4)23-18)20(27)28-12(2)3/h7-10,12,16H,5-6,11H2,1-4H3,(H2,23,24,25,26). The number of aromatic amines is 1. The van der Waals surface area contributed by atoms with Gasteiger partial charge in [-0.1, -0.05) is 25.1 Å². The Morgan fingerprint density at radius 1 is 1.31 bits per heavy atom. The normalized spacial score (nSPS) is 15.8. The molecule has 3 rings (SSSR count). The van der Waals surface area contributed by atoms with Gasteiger partial charge in [-0.25, -0.2) is 9.78 Å². The molecule has 0 amide bonds. The van der Waals surface area contributed by atoms with Crippen LogP contribution in [0.5, 0.6) is 0 Å². The molecule has 154 valence electrons. The third-order valence-corrected chi connectivity index (χ3v) is 5.52. The molecule has 1 atom stereocenters. The fourth-order valence-electron chi connectivity index (χ4n) is 3.25. The van der Waals surface area contributed by atoms with E-state index in [4.69, 9.17) is 4.74 Å². The maximum absolute atomic E-state index is 13.1. The molecule has 0 aliphatic carbocycles. The minimum absolute atomic E-state index is 0.259. The van der Waals surface area contributed by atoms with Crippen LogP contribution in [-0.4, -0.2) is 32.8 Å². The van der Waals surface area contributed by atoms with Gasteiger partial charge >= 0.3 is 5.97 Å². The highest BCUT2D eigenvalue weighted by Gasteiger charge is 2.36. The van der Waals surface area contributed by atoms with E-state index in [2.05, 4.69) is 27.2 Å². The quantitative estimate of drug-likeness (QED) is 0.307. The van der Waals surface area contributed by atoms with Crippen LogP contribution in [0.4, 0.5) is 5.82 Å². The van der Waals surface area contributed by atoms with Crippen molar-refractivity contribution in [2.75, 3.05) is 11.1 Å². The van der Waals surface area contributed by atoms with Crippen molar-refractivity contribution in [2.45, 2.75) is 57.7 Å². The van der Waals surface area contributed by atoms with E-state index in [1.807, 2.05) is 0 Å². The summed E-state index contributed by atoms with van der Waals surface area (Å²) in [6, 6.07) is 3.61. The van der Waals surface area contributed by atoms with Crippen LogP contribution in [0.1, 0.15) is 57.6 Å². The Hall–Kier alpha value is -2.61. The predicted molar refractivity (Wildman–Crippen MR) is 114 cm³/mol. The van der Waals surface area contributed by atoms with Crippen molar-refractivity contribution in [1.82, 2.24) is 15.0 Å². The zero-order valence-electron chi connectivity index (χ0n) is 17.1. The smallest absolute Gasteiger partial charge is 0.337 e. The van der Waals surface area contributed by atoms with Gasteiger partial charge in [-0.3, -0.25) is 9.78 Å². The number of allylic oxidation sites excluding steroid dienone is 1. The summed E-state index contributed by atoms with van der Waals surface area (Å²) in [4.78, 5) is 37.5. The summed E-state index contributed by atoms with van der Waals surface area (Å²) in [5, 5.41) is 3.73. The Morgan fingerprint density at radius 2 is 2.03 bits per heavy atom. The Bertz CT molecular complexity index is 970. The maximum atomic E-state index is 13.1. The molecule has 0 spiro atoms. The van der Waals surface area contributed by atoms with Crippen LogP contribution in [0, 0.1) is 0 Å². The zero-order chi connectivity index (χ0) is 21.0. The molecule has 2 aromatic rings. The molecule has 0 aromatic carbocycles. The van der Waals surface area contributed by atoms with Crippen LogP contribution in [-0.2, 0) is 9.53 Å². The minimum atomic E-state index is -0.577. The molecule has 8 heteroatoms. The van der Waals surface area contributed by atoms with E-state index in [0.29, 0.717) is 27.8 Å². The maximum Gasteiger partial charge on any atom is 0.337 e. The number of rotatable bonds is 7. The van der Waals surface area contributed by atoms with Crippen LogP contribution in [0.2, 0.25) is 0 Å². The lowest BCUT2D eigenvalue weighted by Crippen LogP contribution is -2.31. The third-order valence-electron chi connectivity index (χ3n) is 4.56. The van der Waals surface area contributed by atoms with Gasteiger partial charge in [0.05, 0.1) is 23.2 Å². The molecule has 0 saturated carbocycles. The molecule has 2 N–H and O–H groups in total. The summed E-state index contributed by atoms with van der Waals surface area (Å²) in [6.45, 7) is 7.53. The summed E-state index contributed by atoms with van der Waals surface area (Å²) in [5.41, 5.74) is 1.99. The molecule has 0 fully saturated rings. The number of carbonyl (C=O) groups is 1. The van der Waals surface area contributed by atoms with Gasteiger partial charge in [-0.15, -0.1) is 0 Å². The number of hydrogen-bond acceptors (Lipinski definition) is 7. The van der Waals surface area contributed by atoms with Crippen LogP contribution < -0.4 is 10.9 Å². The van der Waals surface area contributed by atoms with Gasteiger partial charge in [-0.05, 0) is 44.9 Å². The number of carbonyl (C=O) groups excluding carboxylic acids is 1. The van der Waals surface area contributed by atoms with Gasteiger partial charge in [0, 0.05) is 23.8 Å². The number of unbranched alkanes of at least 4 members (excludes halogenated alkanes) is 1. The van der Waals surface area contributed by atoms with Crippen LogP contribution in [0.25, 0.3) is 0 Å². The van der Waals surface area contributed by atoms with Crippen LogP contribution in [0.15, 0.2) is 45.7 Å². The number of anilines is 1. The second-order valence-electron chi connectivity index (χ2n) is 7.17. The van der Waals surface area contributed by atoms with Crippen molar-refractivity contribution >= 4 is 23.5 Å².